The number of carbonyl (C=O) groups excluding carboxylic acids is 1. The number of carbonyl (C=O) groups is 1. The second-order valence-corrected chi connectivity index (χ2v) is 7.24. The van der Waals surface area contributed by atoms with Gasteiger partial charge in [-0.3, -0.25) is 0 Å². The third kappa shape index (κ3) is 4.31. The van der Waals surface area contributed by atoms with E-state index in [0.29, 0.717) is 19.1 Å². The summed E-state index contributed by atoms with van der Waals surface area (Å²) in [5, 5.41) is 4.13. The number of rotatable bonds is 4. The van der Waals surface area contributed by atoms with Crippen molar-refractivity contribution >= 4 is 34.4 Å². The molecule has 7 heteroatoms. The molecule has 0 radical (unpaired) electrons. The lowest BCUT2D eigenvalue weighted by molar-refractivity contribution is 0.130. The SMILES string of the molecule is Cc1ccc2c(N3CCC(NC(=O)OCC(C)C)C3)nc(Cl)nc2c1. The van der Waals surface area contributed by atoms with Crippen LogP contribution in [0.15, 0.2) is 18.2 Å². The van der Waals surface area contributed by atoms with Crippen molar-refractivity contribution in [2.24, 2.45) is 5.92 Å². The number of nitrogens with zero attached hydrogens (tertiary/aromatic N) is 3. The van der Waals surface area contributed by atoms with E-state index in [0.717, 1.165) is 35.2 Å². The molecule has 3 rings (SSSR count). The van der Waals surface area contributed by atoms with Crippen LogP contribution < -0.4 is 10.2 Å². The number of hydrogen-bond acceptors (Lipinski definition) is 5. The molecule has 2 aromatic rings. The second kappa shape index (κ2) is 7.44. The summed E-state index contributed by atoms with van der Waals surface area (Å²) in [5.41, 5.74) is 1.96. The van der Waals surface area contributed by atoms with Gasteiger partial charge in [0, 0.05) is 18.5 Å². The molecule has 6 nitrogen and oxygen atoms in total. The van der Waals surface area contributed by atoms with Gasteiger partial charge in [0.2, 0.25) is 5.28 Å². The highest BCUT2D eigenvalue weighted by Gasteiger charge is 2.27. The molecule has 1 atom stereocenters. The van der Waals surface area contributed by atoms with Crippen LogP contribution in [0.25, 0.3) is 10.9 Å². The van der Waals surface area contributed by atoms with Crippen LogP contribution in [0.5, 0.6) is 0 Å². The standard InChI is InChI=1S/C18H23ClN4O2/c1-11(2)10-25-18(24)20-13-6-7-23(9-13)16-14-5-4-12(3)8-15(14)21-17(19)22-16/h4-5,8,11,13H,6-7,9-10H2,1-3H3,(H,20,24). The third-order valence-corrected chi connectivity index (χ3v) is 4.33. The highest BCUT2D eigenvalue weighted by Crippen LogP contribution is 2.28. The van der Waals surface area contributed by atoms with E-state index in [1.807, 2.05) is 39.0 Å². The highest BCUT2D eigenvalue weighted by molar-refractivity contribution is 6.28. The van der Waals surface area contributed by atoms with Gasteiger partial charge < -0.3 is 15.0 Å². The summed E-state index contributed by atoms with van der Waals surface area (Å²) < 4.78 is 5.19. The lowest BCUT2D eigenvalue weighted by Crippen LogP contribution is -2.38. The molecule has 25 heavy (non-hydrogen) atoms. The number of aromatic nitrogens is 2. The number of nitrogens with one attached hydrogen (secondary N) is 1. The Morgan fingerprint density at radius 1 is 1.44 bits per heavy atom. The second-order valence-electron chi connectivity index (χ2n) is 6.91. The number of alkyl carbamates (subject to hydrolysis) is 1. The first kappa shape index (κ1) is 17.7. The molecule has 1 aromatic heterocycles. The van der Waals surface area contributed by atoms with E-state index < -0.39 is 0 Å². The van der Waals surface area contributed by atoms with E-state index in [4.69, 9.17) is 16.3 Å². The Morgan fingerprint density at radius 3 is 3.00 bits per heavy atom. The van der Waals surface area contributed by atoms with Crippen molar-refractivity contribution in [1.82, 2.24) is 15.3 Å². The minimum absolute atomic E-state index is 0.0360. The Bertz CT molecular complexity index is 776. The van der Waals surface area contributed by atoms with E-state index in [1.165, 1.54) is 0 Å². The molecule has 0 aliphatic carbocycles. The fraction of sp³-hybridized carbons (Fsp3) is 0.500. The Balaban J connectivity index is 1.72. The summed E-state index contributed by atoms with van der Waals surface area (Å²) >= 11 is 6.11. The van der Waals surface area contributed by atoms with Gasteiger partial charge in [-0.1, -0.05) is 19.9 Å². The minimum atomic E-state index is -0.359. The quantitative estimate of drug-likeness (QED) is 0.842. The van der Waals surface area contributed by atoms with E-state index in [1.54, 1.807) is 0 Å². The zero-order chi connectivity index (χ0) is 18.0. The molecule has 1 saturated heterocycles. The fourth-order valence-corrected chi connectivity index (χ4v) is 3.13. The van der Waals surface area contributed by atoms with Gasteiger partial charge in [0.25, 0.3) is 0 Å². The molecule has 0 spiro atoms. The topological polar surface area (TPSA) is 67.4 Å². The zero-order valence-electron chi connectivity index (χ0n) is 14.8. The van der Waals surface area contributed by atoms with Gasteiger partial charge in [-0.25, -0.2) is 9.78 Å². The predicted molar refractivity (Wildman–Crippen MR) is 99.2 cm³/mol. The lowest BCUT2D eigenvalue weighted by Gasteiger charge is -2.20. The van der Waals surface area contributed by atoms with Crippen molar-refractivity contribution in [3.05, 3.63) is 29.0 Å². The smallest absolute Gasteiger partial charge is 0.407 e. The van der Waals surface area contributed by atoms with Crippen molar-refractivity contribution in [2.45, 2.75) is 33.2 Å². The van der Waals surface area contributed by atoms with E-state index >= 15 is 0 Å². The Labute approximate surface area is 152 Å². The zero-order valence-corrected chi connectivity index (χ0v) is 15.5. The number of benzene rings is 1. The normalized spacial score (nSPS) is 17.3. The number of hydrogen-bond donors (Lipinski definition) is 1. The molecule has 1 aliphatic heterocycles. The van der Waals surface area contributed by atoms with Gasteiger partial charge >= 0.3 is 6.09 Å². The van der Waals surface area contributed by atoms with E-state index in [9.17, 15) is 4.79 Å². The molecule has 1 unspecified atom stereocenters. The van der Waals surface area contributed by atoms with Crippen molar-refractivity contribution in [1.29, 1.82) is 0 Å². The van der Waals surface area contributed by atoms with Crippen LogP contribution in [0, 0.1) is 12.8 Å². The van der Waals surface area contributed by atoms with Gasteiger partial charge in [0.15, 0.2) is 0 Å². The van der Waals surface area contributed by atoms with Gasteiger partial charge in [0.1, 0.15) is 5.82 Å². The largest absolute Gasteiger partial charge is 0.449 e. The van der Waals surface area contributed by atoms with E-state index in [2.05, 4.69) is 20.2 Å². The van der Waals surface area contributed by atoms with Crippen LogP contribution in [0.3, 0.4) is 0 Å². The summed E-state index contributed by atoms with van der Waals surface area (Å²) in [6, 6.07) is 6.10. The summed E-state index contributed by atoms with van der Waals surface area (Å²) in [7, 11) is 0. The van der Waals surface area contributed by atoms with Crippen LogP contribution >= 0.6 is 11.6 Å². The lowest BCUT2D eigenvalue weighted by atomic mass is 10.1. The Hall–Kier alpha value is -2.08. The van der Waals surface area contributed by atoms with Crippen molar-refractivity contribution < 1.29 is 9.53 Å². The first-order valence-corrected chi connectivity index (χ1v) is 8.92. The summed E-state index contributed by atoms with van der Waals surface area (Å²) in [4.78, 5) is 22.7. The van der Waals surface area contributed by atoms with Crippen molar-refractivity contribution in [3.8, 4) is 0 Å². The predicted octanol–water partition coefficient (Wildman–Crippen LogP) is 3.55. The van der Waals surface area contributed by atoms with Crippen molar-refractivity contribution in [3.63, 3.8) is 0 Å². The number of aryl methyl sites for hydroxylation is 1. The van der Waals surface area contributed by atoms with Crippen LogP contribution in [0.4, 0.5) is 10.6 Å². The summed E-state index contributed by atoms with van der Waals surface area (Å²) in [6.45, 7) is 7.94. The monoisotopic (exact) mass is 362 g/mol. The Morgan fingerprint density at radius 2 is 2.24 bits per heavy atom. The van der Waals surface area contributed by atoms with Gasteiger partial charge in [-0.15, -0.1) is 0 Å². The number of halogens is 1. The molecule has 0 bridgehead atoms. The molecule has 134 valence electrons. The molecule has 1 amide bonds. The van der Waals surface area contributed by atoms with Crippen LogP contribution in [0.1, 0.15) is 25.8 Å². The number of anilines is 1. The highest BCUT2D eigenvalue weighted by atomic mass is 35.5. The Kier molecular flexibility index (Phi) is 5.27. The minimum Gasteiger partial charge on any atom is -0.449 e. The first-order chi connectivity index (χ1) is 11.9. The maximum Gasteiger partial charge on any atom is 0.407 e. The number of fused-ring (bicyclic) bond motifs is 1. The number of ether oxygens (including phenoxy) is 1. The fourth-order valence-electron chi connectivity index (χ4n) is 2.96. The third-order valence-electron chi connectivity index (χ3n) is 4.16. The van der Waals surface area contributed by atoms with Gasteiger partial charge in [0.05, 0.1) is 18.2 Å². The van der Waals surface area contributed by atoms with Gasteiger partial charge in [-0.05, 0) is 48.6 Å². The average Bonchev–Trinajstić information content (AvgIpc) is 3.00. The molecule has 1 aliphatic rings. The molecular weight excluding hydrogens is 340 g/mol. The molecule has 2 heterocycles. The first-order valence-electron chi connectivity index (χ1n) is 8.54. The number of amides is 1. The van der Waals surface area contributed by atoms with Crippen LogP contribution in [-0.4, -0.2) is 41.8 Å². The molecule has 1 fully saturated rings. The van der Waals surface area contributed by atoms with Crippen molar-refractivity contribution in [2.75, 3.05) is 24.6 Å². The average molecular weight is 363 g/mol. The van der Waals surface area contributed by atoms with E-state index in [-0.39, 0.29) is 17.4 Å². The summed E-state index contributed by atoms with van der Waals surface area (Å²) in [6.07, 6.45) is 0.480. The van der Waals surface area contributed by atoms with Crippen LogP contribution in [0.2, 0.25) is 5.28 Å². The molecular formula is C18H23ClN4O2. The maximum absolute atomic E-state index is 11.9. The van der Waals surface area contributed by atoms with Gasteiger partial charge in [-0.2, -0.15) is 4.98 Å². The maximum atomic E-state index is 11.9. The van der Waals surface area contributed by atoms with Crippen LogP contribution in [-0.2, 0) is 4.74 Å². The molecule has 1 aromatic carbocycles. The molecule has 0 saturated carbocycles. The summed E-state index contributed by atoms with van der Waals surface area (Å²) in [5.74, 6) is 1.14. The molecule has 1 N–H and O–H groups in total.